The number of rotatable bonds is 5. The molecule has 1 aliphatic rings. The van der Waals surface area contributed by atoms with E-state index in [1.54, 1.807) is 0 Å². The zero-order valence-electron chi connectivity index (χ0n) is 16.2. The first-order valence-corrected chi connectivity index (χ1v) is 9.02. The second-order valence-electron chi connectivity index (χ2n) is 6.71. The van der Waals surface area contributed by atoms with Gasteiger partial charge in [0.05, 0.1) is 12.7 Å². The molecule has 0 aromatic heterocycles. The number of esters is 1. The minimum Gasteiger partial charge on any atom is -0.489 e. The number of dihydropyridines is 1. The lowest BCUT2D eigenvalue weighted by molar-refractivity contribution is -0.136. The van der Waals surface area contributed by atoms with Gasteiger partial charge < -0.3 is 14.8 Å². The van der Waals surface area contributed by atoms with Crippen LogP contribution in [-0.4, -0.2) is 13.1 Å². The van der Waals surface area contributed by atoms with E-state index in [1.165, 1.54) is 7.11 Å². The molecule has 140 valence electrons. The molecule has 0 radical (unpaired) electrons. The van der Waals surface area contributed by atoms with Crippen LogP contribution < -0.4 is 10.1 Å². The Bertz CT molecular complexity index is 897. The fourth-order valence-electron chi connectivity index (χ4n) is 3.45. The minimum absolute atomic E-state index is 0.203. The molecule has 27 heavy (non-hydrogen) atoms. The molecular formula is C23H25NO3. The van der Waals surface area contributed by atoms with Gasteiger partial charge in [0, 0.05) is 22.9 Å². The molecule has 1 heterocycles. The first-order valence-electron chi connectivity index (χ1n) is 9.02. The van der Waals surface area contributed by atoms with Gasteiger partial charge in [-0.2, -0.15) is 0 Å². The Hall–Kier alpha value is -3.01. The zero-order valence-corrected chi connectivity index (χ0v) is 16.2. The highest BCUT2D eigenvalue weighted by atomic mass is 16.5. The third-order valence-electron chi connectivity index (χ3n) is 4.96. The number of para-hydroxylation sites is 1. The van der Waals surface area contributed by atoms with Crippen LogP contribution >= 0.6 is 0 Å². The van der Waals surface area contributed by atoms with Crippen molar-refractivity contribution >= 4 is 5.97 Å². The van der Waals surface area contributed by atoms with Crippen molar-refractivity contribution in [3.05, 3.63) is 88.3 Å². The predicted molar refractivity (Wildman–Crippen MR) is 106 cm³/mol. The van der Waals surface area contributed by atoms with Crippen molar-refractivity contribution in [2.24, 2.45) is 0 Å². The molecule has 1 aliphatic heterocycles. The number of nitrogens with one attached hydrogen (secondary N) is 1. The molecule has 0 saturated heterocycles. The number of hydrogen-bond donors (Lipinski definition) is 1. The SMILES string of the molecule is COC(=O)C1=C(C)NC(C)=C(C)C1c1ccccc1OCc1ccccc1. The lowest BCUT2D eigenvalue weighted by Gasteiger charge is -2.30. The van der Waals surface area contributed by atoms with Crippen LogP contribution in [0.1, 0.15) is 37.8 Å². The van der Waals surface area contributed by atoms with Crippen molar-refractivity contribution in [3.63, 3.8) is 0 Å². The molecule has 1 unspecified atom stereocenters. The summed E-state index contributed by atoms with van der Waals surface area (Å²) in [5.74, 6) is 0.245. The van der Waals surface area contributed by atoms with Gasteiger partial charge in [0.15, 0.2) is 0 Å². The molecule has 4 nitrogen and oxygen atoms in total. The van der Waals surface area contributed by atoms with Gasteiger partial charge in [0.1, 0.15) is 12.4 Å². The van der Waals surface area contributed by atoms with Crippen LogP contribution in [-0.2, 0) is 16.1 Å². The molecule has 1 atom stereocenters. The summed E-state index contributed by atoms with van der Waals surface area (Å²) in [6.07, 6.45) is 0. The van der Waals surface area contributed by atoms with Gasteiger partial charge in [-0.3, -0.25) is 0 Å². The maximum Gasteiger partial charge on any atom is 0.336 e. The number of hydrogen-bond acceptors (Lipinski definition) is 4. The Labute approximate surface area is 160 Å². The summed E-state index contributed by atoms with van der Waals surface area (Å²) in [5.41, 5.74) is 5.62. The van der Waals surface area contributed by atoms with Gasteiger partial charge >= 0.3 is 5.97 Å². The van der Waals surface area contributed by atoms with E-state index in [0.29, 0.717) is 12.2 Å². The summed E-state index contributed by atoms with van der Waals surface area (Å²) in [7, 11) is 1.41. The third-order valence-corrected chi connectivity index (χ3v) is 4.96. The highest BCUT2D eigenvalue weighted by Gasteiger charge is 2.33. The van der Waals surface area contributed by atoms with Crippen LogP contribution in [0.4, 0.5) is 0 Å². The molecule has 0 spiro atoms. The number of methoxy groups -OCH3 is 1. The normalized spacial score (nSPS) is 16.8. The van der Waals surface area contributed by atoms with Crippen LogP contribution in [0.3, 0.4) is 0 Å². The first-order chi connectivity index (χ1) is 13.0. The Morgan fingerprint density at radius 3 is 2.33 bits per heavy atom. The molecule has 0 saturated carbocycles. The molecule has 2 aromatic rings. The number of carbonyl (C=O) groups is 1. The van der Waals surface area contributed by atoms with E-state index in [2.05, 4.69) is 5.32 Å². The molecule has 0 fully saturated rings. The second-order valence-corrected chi connectivity index (χ2v) is 6.71. The fraction of sp³-hybridized carbons (Fsp3) is 0.261. The lowest BCUT2D eigenvalue weighted by atomic mass is 9.81. The Morgan fingerprint density at radius 2 is 1.63 bits per heavy atom. The third kappa shape index (κ3) is 3.90. The van der Waals surface area contributed by atoms with Crippen molar-refractivity contribution in [2.75, 3.05) is 7.11 Å². The van der Waals surface area contributed by atoms with E-state index in [9.17, 15) is 4.79 Å². The average Bonchev–Trinajstić information content (AvgIpc) is 2.69. The molecular weight excluding hydrogens is 338 g/mol. The molecule has 2 aromatic carbocycles. The van der Waals surface area contributed by atoms with Crippen molar-refractivity contribution in [1.29, 1.82) is 0 Å². The van der Waals surface area contributed by atoms with Crippen molar-refractivity contribution in [2.45, 2.75) is 33.3 Å². The minimum atomic E-state index is -0.324. The monoisotopic (exact) mass is 363 g/mol. The summed E-state index contributed by atoms with van der Waals surface area (Å²) in [4.78, 5) is 12.5. The number of carbonyl (C=O) groups excluding carboxylic acids is 1. The van der Waals surface area contributed by atoms with E-state index in [0.717, 1.165) is 33.8 Å². The molecule has 3 rings (SSSR count). The van der Waals surface area contributed by atoms with E-state index in [-0.39, 0.29) is 11.9 Å². The van der Waals surface area contributed by atoms with Gasteiger partial charge in [0.25, 0.3) is 0 Å². The smallest absolute Gasteiger partial charge is 0.336 e. The topological polar surface area (TPSA) is 47.6 Å². The van der Waals surface area contributed by atoms with Crippen molar-refractivity contribution in [1.82, 2.24) is 5.32 Å². The van der Waals surface area contributed by atoms with Gasteiger partial charge in [-0.05, 0) is 38.0 Å². The summed E-state index contributed by atoms with van der Waals surface area (Å²) in [6, 6.07) is 17.9. The van der Waals surface area contributed by atoms with Crippen LogP contribution in [0.15, 0.2) is 77.1 Å². The highest BCUT2D eigenvalue weighted by Crippen LogP contribution is 2.41. The van der Waals surface area contributed by atoms with Crippen LogP contribution in [0.2, 0.25) is 0 Å². The summed E-state index contributed by atoms with van der Waals surface area (Å²) in [6.45, 7) is 6.44. The van der Waals surface area contributed by atoms with Crippen LogP contribution in [0.25, 0.3) is 0 Å². The number of allylic oxidation sites excluding steroid dienone is 3. The summed E-state index contributed by atoms with van der Waals surface area (Å²) in [5, 5.41) is 3.29. The van der Waals surface area contributed by atoms with Crippen LogP contribution in [0, 0.1) is 0 Å². The quantitative estimate of drug-likeness (QED) is 0.783. The maximum absolute atomic E-state index is 12.5. The predicted octanol–water partition coefficient (Wildman–Crippen LogP) is 4.69. The highest BCUT2D eigenvalue weighted by molar-refractivity contribution is 5.92. The van der Waals surface area contributed by atoms with E-state index in [4.69, 9.17) is 9.47 Å². The Morgan fingerprint density at radius 1 is 0.963 bits per heavy atom. The zero-order chi connectivity index (χ0) is 19.4. The molecule has 1 N–H and O–H groups in total. The Balaban J connectivity index is 2.00. The maximum atomic E-state index is 12.5. The van der Waals surface area contributed by atoms with E-state index >= 15 is 0 Å². The number of ether oxygens (including phenoxy) is 2. The average molecular weight is 363 g/mol. The molecule has 0 aliphatic carbocycles. The summed E-state index contributed by atoms with van der Waals surface area (Å²) < 4.78 is 11.2. The molecule has 4 heteroatoms. The molecule has 0 bridgehead atoms. The van der Waals surface area contributed by atoms with Gasteiger partial charge in [0.2, 0.25) is 0 Å². The fourth-order valence-corrected chi connectivity index (χ4v) is 3.45. The van der Waals surface area contributed by atoms with Gasteiger partial charge in [-0.25, -0.2) is 4.79 Å². The van der Waals surface area contributed by atoms with Crippen molar-refractivity contribution < 1.29 is 14.3 Å². The largest absolute Gasteiger partial charge is 0.489 e. The van der Waals surface area contributed by atoms with Crippen molar-refractivity contribution in [3.8, 4) is 5.75 Å². The second kappa shape index (κ2) is 8.12. The number of benzene rings is 2. The standard InChI is InChI=1S/C23H25NO3/c1-15-16(2)24-17(3)22(23(25)26-4)21(15)19-12-8-9-13-20(19)27-14-18-10-6-5-7-11-18/h5-13,21,24H,14H2,1-4H3. The van der Waals surface area contributed by atoms with Gasteiger partial charge in [-0.15, -0.1) is 0 Å². The van der Waals surface area contributed by atoms with Gasteiger partial charge in [-0.1, -0.05) is 48.5 Å². The Kier molecular flexibility index (Phi) is 5.65. The molecule has 0 amide bonds. The van der Waals surface area contributed by atoms with Crippen LogP contribution in [0.5, 0.6) is 5.75 Å². The van der Waals surface area contributed by atoms with E-state index in [1.807, 2.05) is 75.4 Å². The first kappa shape index (κ1) is 18.8. The van der Waals surface area contributed by atoms with E-state index < -0.39 is 0 Å². The summed E-state index contributed by atoms with van der Waals surface area (Å²) >= 11 is 0. The lowest BCUT2D eigenvalue weighted by Crippen LogP contribution is -2.28.